The Morgan fingerprint density at radius 3 is 2.53 bits per heavy atom. The Hall–Kier alpha value is -1.83. The van der Waals surface area contributed by atoms with Crippen LogP contribution < -0.4 is 5.73 Å². The van der Waals surface area contributed by atoms with Crippen molar-refractivity contribution in [2.24, 2.45) is 10.7 Å². The Morgan fingerprint density at radius 1 is 1.33 bits per heavy atom. The molecule has 0 spiro atoms. The van der Waals surface area contributed by atoms with Crippen LogP contribution in [0.25, 0.3) is 5.70 Å². The second kappa shape index (κ2) is 5.81. The van der Waals surface area contributed by atoms with Crippen molar-refractivity contribution >= 4 is 11.9 Å². The van der Waals surface area contributed by atoms with E-state index in [9.17, 15) is 0 Å². The summed E-state index contributed by atoms with van der Waals surface area (Å²) >= 11 is 0. The molecule has 2 heteroatoms. The molecular formula is C13H16N2. The van der Waals surface area contributed by atoms with Crippen LogP contribution >= 0.6 is 0 Å². The first-order valence-electron chi connectivity index (χ1n) is 4.89. The van der Waals surface area contributed by atoms with Crippen LogP contribution in [-0.2, 0) is 0 Å². The molecule has 0 unspecified atom stereocenters. The summed E-state index contributed by atoms with van der Waals surface area (Å²) in [6.45, 7) is 8.10. The molecule has 1 aromatic carbocycles. The molecule has 1 aromatic rings. The topological polar surface area (TPSA) is 38.4 Å². The van der Waals surface area contributed by atoms with E-state index in [-0.39, 0.29) is 0 Å². The highest BCUT2D eigenvalue weighted by Gasteiger charge is 1.92. The van der Waals surface area contributed by atoms with Gasteiger partial charge in [-0.2, -0.15) is 0 Å². The smallest absolute Gasteiger partial charge is 0.0423 e. The van der Waals surface area contributed by atoms with Crippen molar-refractivity contribution < 1.29 is 0 Å². The van der Waals surface area contributed by atoms with Crippen LogP contribution in [0.3, 0.4) is 0 Å². The first kappa shape index (κ1) is 11.2. The van der Waals surface area contributed by atoms with Gasteiger partial charge in [-0.1, -0.05) is 36.9 Å². The fourth-order valence-electron chi connectivity index (χ4n) is 1.12. The second-order valence-corrected chi connectivity index (χ2v) is 3.26. The molecule has 15 heavy (non-hydrogen) atoms. The van der Waals surface area contributed by atoms with Crippen LogP contribution in [0, 0.1) is 0 Å². The van der Waals surface area contributed by atoms with E-state index >= 15 is 0 Å². The third-order valence-corrected chi connectivity index (χ3v) is 1.98. The molecular weight excluding hydrogens is 184 g/mol. The lowest BCUT2D eigenvalue weighted by Crippen LogP contribution is -1.93. The van der Waals surface area contributed by atoms with E-state index in [1.54, 1.807) is 0 Å². The van der Waals surface area contributed by atoms with Crippen LogP contribution in [0.15, 0.2) is 48.5 Å². The highest BCUT2D eigenvalue weighted by Crippen LogP contribution is 2.07. The summed E-state index contributed by atoms with van der Waals surface area (Å²) < 4.78 is 0. The van der Waals surface area contributed by atoms with Crippen molar-refractivity contribution in [3.05, 3.63) is 54.6 Å². The van der Waals surface area contributed by atoms with Gasteiger partial charge in [0.2, 0.25) is 0 Å². The van der Waals surface area contributed by atoms with E-state index in [0.29, 0.717) is 5.70 Å². The maximum Gasteiger partial charge on any atom is 0.0423 e. The van der Waals surface area contributed by atoms with Crippen molar-refractivity contribution in [2.75, 3.05) is 6.54 Å². The van der Waals surface area contributed by atoms with Gasteiger partial charge in [0, 0.05) is 18.5 Å². The van der Waals surface area contributed by atoms with Gasteiger partial charge in [0.25, 0.3) is 0 Å². The predicted octanol–water partition coefficient (Wildman–Crippen LogP) is 2.61. The van der Waals surface area contributed by atoms with E-state index in [1.807, 2.05) is 36.6 Å². The molecule has 0 bridgehead atoms. The monoisotopic (exact) mass is 200 g/mol. The highest BCUT2D eigenvalue weighted by molar-refractivity contribution is 5.80. The Kier molecular flexibility index (Phi) is 4.35. The first-order chi connectivity index (χ1) is 7.24. The van der Waals surface area contributed by atoms with Crippen LogP contribution in [0.1, 0.15) is 17.5 Å². The van der Waals surface area contributed by atoms with Gasteiger partial charge in [-0.3, -0.25) is 4.99 Å². The van der Waals surface area contributed by atoms with Crippen molar-refractivity contribution in [3.63, 3.8) is 0 Å². The fraction of sp³-hybridized carbons (Fsp3) is 0.154. The number of aliphatic imine (C=N–C) groups is 1. The maximum atomic E-state index is 5.56. The Balaban J connectivity index is 2.60. The summed E-state index contributed by atoms with van der Waals surface area (Å²) in [6.07, 6.45) is 4.62. The number of benzene rings is 1. The standard InChI is InChI=1S/C13H16N2/c1-3-4-9-15-10-12-5-7-13(8-6-12)11(2)14/h3,5-8,10H,1-2,4,9,14H2/b15-10+. The van der Waals surface area contributed by atoms with Crippen LogP contribution in [0.4, 0.5) is 0 Å². The third-order valence-electron chi connectivity index (χ3n) is 1.98. The van der Waals surface area contributed by atoms with Gasteiger partial charge >= 0.3 is 0 Å². The van der Waals surface area contributed by atoms with Gasteiger partial charge in [-0.05, 0) is 17.5 Å². The molecule has 0 amide bonds. The zero-order chi connectivity index (χ0) is 11.1. The van der Waals surface area contributed by atoms with Crippen molar-refractivity contribution in [1.82, 2.24) is 0 Å². The summed E-state index contributed by atoms with van der Waals surface area (Å²) in [5, 5.41) is 0. The second-order valence-electron chi connectivity index (χ2n) is 3.26. The maximum absolute atomic E-state index is 5.56. The van der Waals surface area contributed by atoms with Gasteiger partial charge in [-0.25, -0.2) is 0 Å². The van der Waals surface area contributed by atoms with Gasteiger partial charge in [0.15, 0.2) is 0 Å². The quantitative estimate of drug-likeness (QED) is 0.443. The summed E-state index contributed by atoms with van der Waals surface area (Å²) in [5.74, 6) is 0. The van der Waals surface area contributed by atoms with Gasteiger partial charge in [0.05, 0.1) is 0 Å². The van der Waals surface area contributed by atoms with Crippen molar-refractivity contribution in [2.45, 2.75) is 6.42 Å². The summed E-state index contributed by atoms with van der Waals surface area (Å²) in [6, 6.07) is 7.84. The molecule has 0 fully saturated rings. The first-order valence-corrected chi connectivity index (χ1v) is 4.89. The molecule has 0 atom stereocenters. The largest absolute Gasteiger partial charge is 0.399 e. The SMILES string of the molecule is C=CCC/N=C/c1ccc(C(=C)N)cc1. The molecule has 2 N–H and O–H groups in total. The number of nitrogens with two attached hydrogens (primary N) is 1. The molecule has 1 rings (SSSR count). The van der Waals surface area contributed by atoms with E-state index < -0.39 is 0 Å². The van der Waals surface area contributed by atoms with Crippen molar-refractivity contribution in [1.29, 1.82) is 0 Å². The van der Waals surface area contributed by atoms with Gasteiger partial charge in [-0.15, -0.1) is 6.58 Å². The molecule has 0 aliphatic carbocycles. The Labute approximate surface area is 90.8 Å². The molecule has 0 radical (unpaired) electrons. The molecule has 2 nitrogen and oxygen atoms in total. The average molecular weight is 200 g/mol. The van der Waals surface area contributed by atoms with Crippen LogP contribution in [0.2, 0.25) is 0 Å². The molecule has 78 valence electrons. The number of hydrogen-bond acceptors (Lipinski definition) is 2. The molecule has 0 saturated carbocycles. The summed E-state index contributed by atoms with van der Waals surface area (Å²) in [7, 11) is 0. The molecule has 0 aliphatic rings. The third kappa shape index (κ3) is 3.81. The molecule has 0 saturated heterocycles. The average Bonchev–Trinajstić information content (AvgIpc) is 2.25. The lowest BCUT2D eigenvalue weighted by atomic mass is 10.1. The summed E-state index contributed by atoms with van der Waals surface area (Å²) in [5.41, 5.74) is 8.18. The van der Waals surface area contributed by atoms with E-state index in [0.717, 1.165) is 24.1 Å². The predicted molar refractivity (Wildman–Crippen MR) is 66.9 cm³/mol. The van der Waals surface area contributed by atoms with Crippen LogP contribution in [0.5, 0.6) is 0 Å². The number of nitrogens with zero attached hydrogens (tertiary/aromatic N) is 1. The number of rotatable bonds is 5. The van der Waals surface area contributed by atoms with E-state index in [2.05, 4.69) is 18.2 Å². The molecule has 0 heterocycles. The van der Waals surface area contributed by atoms with E-state index in [1.165, 1.54) is 0 Å². The minimum absolute atomic E-state index is 0.588. The van der Waals surface area contributed by atoms with Gasteiger partial charge < -0.3 is 5.73 Å². The summed E-state index contributed by atoms with van der Waals surface area (Å²) in [4.78, 5) is 4.26. The van der Waals surface area contributed by atoms with E-state index in [4.69, 9.17) is 5.73 Å². The number of hydrogen-bond donors (Lipinski definition) is 1. The zero-order valence-corrected chi connectivity index (χ0v) is 8.82. The normalized spacial score (nSPS) is 10.4. The van der Waals surface area contributed by atoms with Crippen molar-refractivity contribution in [3.8, 4) is 0 Å². The highest BCUT2D eigenvalue weighted by atomic mass is 14.7. The Morgan fingerprint density at radius 2 is 2.00 bits per heavy atom. The van der Waals surface area contributed by atoms with Gasteiger partial charge in [0.1, 0.15) is 0 Å². The van der Waals surface area contributed by atoms with Crippen LogP contribution in [-0.4, -0.2) is 12.8 Å². The fourth-order valence-corrected chi connectivity index (χ4v) is 1.12. The minimum atomic E-state index is 0.588. The molecule has 0 aliphatic heterocycles. The zero-order valence-electron chi connectivity index (χ0n) is 8.82. The minimum Gasteiger partial charge on any atom is -0.399 e. The molecule has 0 aromatic heterocycles. The Bertz CT molecular complexity index is 361. The lowest BCUT2D eigenvalue weighted by molar-refractivity contribution is 1.02. The lowest BCUT2D eigenvalue weighted by Gasteiger charge is -1.99.